The fourth-order valence-corrected chi connectivity index (χ4v) is 3.71. The van der Waals surface area contributed by atoms with Crippen LogP contribution in [0.4, 0.5) is 0 Å². The minimum absolute atomic E-state index is 0.375. The number of nitrogens with zero attached hydrogens (tertiary/aromatic N) is 1. The third-order valence-corrected chi connectivity index (χ3v) is 4.90. The topological polar surface area (TPSA) is 15.3 Å². The number of likely N-dealkylation sites (N-methyl/N-ethyl adjacent to an activating group) is 1. The van der Waals surface area contributed by atoms with Crippen LogP contribution in [0.2, 0.25) is 0 Å². The molecule has 1 unspecified atom stereocenters. The van der Waals surface area contributed by atoms with Crippen molar-refractivity contribution < 1.29 is 0 Å². The van der Waals surface area contributed by atoms with Crippen LogP contribution >= 0.6 is 0 Å². The van der Waals surface area contributed by atoms with Gasteiger partial charge in [0.25, 0.3) is 0 Å². The maximum absolute atomic E-state index is 3.88. The molecule has 1 saturated carbocycles. The van der Waals surface area contributed by atoms with E-state index in [1.165, 1.54) is 51.7 Å². The summed E-state index contributed by atoms with van der Waals surface area (Å²) < 4.78 is 0. The van der Waals surface area contributed by atoms with Crippen LogP contribution in [0.3, 0.4) is 0 Å². The number of rotatable bonds is 10. The Hall–Kier alpha value is -0.0800. The summed E-state index contributed by atoms with van der Waals surface area (Å²) in [7, 11) is 0. The zero-order chi connectivity index (χ0) is 13.6. The zero-order valence-electron chi connectivity index (χ0n) is 13.3. The molecule has 1 atom stereocenters. The molecular weight excluding hydrogens is 220 g/mol. The SMILES string of the molecule is CCCNC(C1CC1)C(CC)(CC)N(CC)CC. The highest BCUT2D eigenvalue weighted by Crippen LogP contribution is 2.42. The largest absolute Gasteiger partial charge is 0.312 e. The van der Waals surface area contributed by atoms with E-state index in [0.29, 0.717) is 11.6 Å². The van der Waals surface area contributed by atoms with Gasteiger partial charge in [-0.2, -0.15) is 0 Å². The minimum Gasteiger partial charge on any atom is -0.312 e. The van der Waals surface area contributed by atoms with Gasteiger partial charge in [-0.15, -0.1) is 0 Å². The van der Waals surface area contributed by atoms with Gasteiger partial charge in [-0.05, 0) is 57.7 Å². The normalized spacial score (nSPS) is 18.3. The Kier molecular flexibility index (Phi) is 6.65. The zero-order valence-corrected chi connectivity index (χ0v) is 13.3. The highest BCUT2D eigenvalue weighted by atomic mass is 15.2. The minimum atomic E-state index is 0.375. The van der Waals surface area contributed by atoms with Crippen LogP contribution < -0.4 is 5.32 Å². The monoisotopic (exact) mass is 254 g/mol. The van der Waals surface area contributed by atoms with E-state index < -0.39 is 0 Å². The van der Waals surface area contributed by atoms with Crippen molar-refractivity contribution >= 4 is 0 Å². The third-order valence-electron chi connectivity index (χ3n) is 4.90. The first-order valence-corrected chi connectivity index (χ1v) is 8.18. The maximum atomic E-state index is 3.88. The van der Waals surface area contributed by atoms with Gasteiger partial charge >= 0.3 is 0 Å². The molecule has 1 aliphatic rings. The van der Waals surface area contributed by atoms with Crippen LogP contribution in [0.1, 0.15) is 66.7 Å². The Morgan fingerprint density at radius 1 is 1.06 bits per heavy atom. The molecule has 0 bridgehead atoms. The van der Waals surface area contributed by atoms with Crippen LogP contribution in [-0.4, -0.2) is 36.1 Å². The molecule has 0 spiro atoms. The van der Waals surface area contributed by atoms with Gasteiger partial charge in [0.05, 0.1) is 0 Å². The van der Waals surface area contributed by atoms with Crippen molar-refractivity contribution in [3.63, 3.8) is 0 Å². The van der Waals surface area contributed by atoms with Crippen LogP contribution in [0.25, 0.3) is 0 Å². The summed E-state index contributed by atoms with van der Waals surface area (Å²) in [4.78, 5) is 2.71. The van der Waals surface area contributed by atoms with Gasteiger partial charge in [0, 0.05) is 11.6 Å². The molecule has 18 heavy (non-hydrogen) atoms. The molecule has 0 saturated heterocycles. The van der Waals surface area contributed by atoms with Crippen LogP contribution in [-0.2, 0) is 0 Å². The summed E-state index contributed by atoms with van der Waals surface area (Å²) in [5, 5.41) is 3.88. The molecule has 0 aromatic heterocycles. The molecule has 0 radical (unpaired) electrons. The molecule has 2 nitrogen and oxygen atoms in total. The lowest BCUT2D eigenvalue weighted by Gasteiger charge is -2.48. The smallest absolute Gasteiger partial charge is 0.0359 e. The predicted octanol–water partition coefficient (Wildman–Crippen LogP) is 3.67. The van der Waals surface area contributed by atoms with Crippen molar-refractivity contribution in [3.05, 3.63) is 0 Å². The summed E-state index contributed by atoms with van der Waals surface area (Å²) in [5.41, 5.74) is 0.375. The van der Waals surface area contributed by atoms with Gasteiger partial charge in [-0.1, -0.05) is 34.6 Å². The van der Waals surface area contributed by atoms with E-state index in [4.69, 9.17) is 0 Å². The van der Waals surface area contributed by atoms with Gasteiger partial charge in [0.15, 0.2) is 0 Å². The third kappa shape index (κ3) is 3.27. The molecule has 0 aromatic rings. The van der Waals surface area contributed by atoms with E-state index in [1.807, 2.05) is 0 Å². The lowest BCUT2D eigenvalue weighted by atomic mass is 9.79. The van der Waals surface area contributed by atoms with E-state index >= 15 is 0 Å². The summed E-state index contributed by atoms with van der Waals surface area (Å²) in [6, 6.07) is 0.701. The van der Waals surface area contributed by atoms with Crippen molar-refractivity contribution in [2.45, 2.75) is 78.3 Å². The molecular formula is C16H34N2. The molecule has 1 fully saturated rings. The van der Waals surface area contributed by atoms with Gasteiger partial charge in [0.1, 0.15) is 0 Å². The van der Waals surface area contributed by atoms with Gasteiger partial charge < -0.3 is 5.32 Å². The standard InChI is InChI=1S/C16H34N2/c1-6-13-17-15(14-11-12-14)16(7-2,8-3)18(9-4)10-5/h14-15,17H,6-13H2,1-5H3. The van der Waals surface area contributed by atoms with Crippen molar-refractivity contribution in [2.24, 2.45) is 5.92 Å². The van der Waals surface area contributed by atoms with Crippen molar-refractivity contribution in [3.8, 4) is 0 Å². The molecule has 0 aliphatic heterocycles. The van der Waals surface area contributed by atoms with Crippen LogP contribution in [0.15, 0.2) is 0 Å². The maximum Gasteiger partial charge on any atom is 0.0359 e. The molecule has 108 valence electrons. The van der Waals surface area contributed by atoms with Gasteiger partial charge in [-0.25, -0.2) is 0 Å². The fourth-order valence-electron chi connectivity index (χ4n) is 3.71. The molecule has 0 amide bonds. The van der Waals surface area contributed by atoms with Crippen molar-refractivity contribution in [2.75, 3.05) is 19.6 Å². The molecule has 1 rings (SSSR count). The summed E-state index contributed by atoms with van der Waals surface area (Å²) >= 11 is 0. The van der Waals surface area contributed by atoms with Gasteiger partial charge in [-0.3, -0.25) is 4.90 Å². The fraction of sp³-hybridized carbons (Fsp3) is 1.00. The summed E-state index contributed by atoms with van der Waals surface area (Å²) in [5.74, 6) is 0.928. The quantitative estimate of drug-likeness (QED) is 0.640. The second kappa shape index (κ2) is 7.49. The summed E-state index contributed by atoms with van der Waals surface area (Å²) in [6.45, 7) is 15.2. The second-order valence-corrected chi connectivity index (χ2v) is 5.75. The highest BCUT2D eigenvalue weighted by Gasteiger charge is 2.46. The lowest BCUT2D eigenvalue weighted by Crippen LogP contribution is -2.61. The second-order valence-electron chi connectivity index (χ2n) is 5.75. The van der Waals surface area contributed by atoms with E-state index in [-0.39, 0.29) is 0 Å². The average Bonchev–Trinajstić information content (AvgIpc) is 3.22. The molecule has 0 aromatic carbocycles. The van der Waals surface area contributed by atoms with Crippen molar-refractivity contribution in [1.29, 1.82) is 0 Å². The van der Waals surface area contributed by atoms with Crippen molar-refractivity contribution in [1.82, 2.24) is 10.2 Å². The van der Waals surface area contributed by atoms with E-state index in [2.05, 4.69) is 44.8 Å². The molecule has 2 heteroatoms. The van der Waals surface area contributed by atoms with Crippen LogP contribution in [0, 0.1) is 5.92 Å². The lowest BCUT2D eigenvalue weighted by molar-refractivity contribution is 0.0412. The average molecular weight is 254 g/mol. The molecule has 1 N–H and O–H groups in total. The van der Waals surface area contributed by atoms with E-state index in [9.17, 15) is 0 Å². The van der Waals surface area contributed by atoms with E-state index in [1.54, 1.807) is 0 Å². The first-order valence-electron chi connectivity index (χ1n) is 8.18. The Bertz CT molecular complexity index is 215. The Morgan fingerprint density at radius 3 is 1.94 bits per heavy atom. The number of hydrogen-bond donors (Lipinski definition) is 1. The number of nitrogens with one attached hydrogen (secondary N) is 1. The van der Waals surface area contributed by atoms with Gasteiger partial charge in [0.2, 0.25) is 0 Å². The molecule has 1 aliphatic carbocycles. The first kappa shape index (κ1) is 16.0. The Labute approximate surface area is 115 Å². The Balaban J connectivity index is 2.89. The molecule has 0 heterocycles. The number of hydrogen-bond acceptors (Lipinski definition) is 2. The van der Waals surface area contributed by atoms with E-state index in [0.717, 1.165) is 5.92 Å². The predicted molar refractivity (Wildman–Crippen MR) is 81.0 cm³/mol. The highest BCUT2D eigenvalue weighted by molar-refractivity contribution is 5.05. The Morgan fingerprint density at radius 2 is 1.61 bits per heavy atom. The first-order chi connectivity index (χ1) is 8.69. The van der Waals surface area contributed by atoms with Crippen LogP contribution in [0.5, 0.6) is 0 Å². The summed E-state index contributed by atoms with van der Waals surface area (Å²) in [6.07, 6.45) is 6.64.